The van der Waals surface area contributed by atoms with E-state index in [2.05, 4.69) is 5.43 Å². The quantitative estimate of drug-likeness (QED) is 0.355. The van der Waals surface area contributed by atoms with Crippen LogP contribution in [0.25, 0.3) is 0 Å². The third-order valence-corrected chi connectivity index (χ3v) is 6.08. The lowest BCUT2D eigenvalue weighted by Crippen LogP contribution is -2.42. The van der Waals surface area contributed by atoms with Gasteiger partial charge in [0.05, 0.1) is 23.7 Å². The summed E-state index contributed by atoms with van der Waals surface area (Å²) >= 11 is 1.09. The minimum absolute atomic E-state index is 0.00654. The maximum Gasteiger partial charge on any atom is 0.494 e. The Bertz CT molecular complexity index is 660. The number of nitrogens with one attached hydrogen (secondary N) is 1. The molecule has 1 amide bonds. The summed E-state index contributed by atoms with van der Waals surface area (Å²) in [5, 5.41) is 0. The van der Waals surface area contributed by atoms with E-state index in [1.165, 1.54) is 0 Å². The Morgan fingerprint density at radius 3 is 2.15 bits per heavy atom. The summed E-state index contributed by atoms with van der Waals surface area (Å²) in [4.78, 5) is 12.7. The molecule has 2 aliphatic rings. The molecule has 1 saturated heterocycles. The minimum atomic E-state index is -0.447. The van der Waals surface area contributed by atoms with Gasteiger partial charge >= 0.3 is 7.12 Å². The van der Waals surface area contributed by atoms with Gasteiger partial charge in [-0.2, -0.15) is 0 Å². The first-order valence-electron chi connectivity index (χ1n) is 8.83. The molecule has 0 atom stereocenters. The Morgan fingerprint density at radius 1 is 1.15 bits per heavy atom. The van der Waals surface area contributed by atoms with Gasteiger partial charge in [0.1, 0.15) is 12.2 Å². The molecule has 1 N–H and O–H groups in total. The second-order valence-corrected chi connectivity index (χ2v) is 9.00. The van der Waals surface area contributed by atoms with Crippen molar-refractivity contribution in [3.63, 3.8) is 0 Å². The molecule has 1 aliphatic heterocycles. The number of nitrogens with zero attached hydrogens (tertiary/aromatic N) is 1. The number of amides is 1. The first kappa shape index (κ1) is 19.7. The van der Waals surface area contributed by atoms with Crippen LogP contribution in [0.4, 0.5) is 0 Å². The lowest BCUT2D eigenvalue weighted by Gasteiger charge is -2.32. The maximum atomic E-state index is 12.7. The topological polar surface area (TPSA) is 60.0 Å². The van der Waals surface area contributed by atoms with Crippen LogP contribution in [-0.2, 0) is 23.7 Å². The van der Waals surface area contributed by atoms with Gasteiger partial charge in [0.25, 0.3) is 0 Å². The molecule has 1 saturated carbocycles. The van der Waals surface area contributed by atoms with E-state index in [1.54, 1.807) is 18.6 Å². The van der Waals surface area contributed by atoms with Crippen LogP contribution in [0.15, 0.2) is 24.3 Å². The molecule has 8 heteroatoms. The minimum Gasteiger partial charge on any atom is -0.399 e. The van der Waals surface area contributed by atoms with Crippen molar-refractivity contribution in [1.29, 1.82) is 0 Å². The Labute approximate surface area is 160 Å². The van der Waals surface area contributed by atoms with Gasteiger partial charge in [-0.05, 0) is 51.6 Å². The van der Waals surface area contributed by atoms with Crippen molar-refractivity contribution in [2.75, 3.05) is 14.2 Å². The number of hydrogen-bond donors (Lipinski definition) is 1. The van der Waals surface area contributed by atoms with E-state index in [-0.39, 0.29) is 24.2 Å². The highest BCUT2D eigenvalue weighted by molar-refractivity contribution is 7.92. The van der Waals surface area contributed by atoms with Crippen molar-refractivity contribution in [3.8, 4) is 0 Å². The number of rotatable bonds is 6. The summed E-state index contributed by atoms with van der Waals surface area (Å²) in [7, 11) is 2.93. The lowest BCUT2D eigenvalue weighted by atomic mass is 9.78. The number of hydrogen-bond acceptors (Lipinski definition) is 6. The fourth-order valence-corrected chi connectivity index (χ4v) is 3.43. The first-order valence-corrected chi connectivity index (χ1v) is 9.53. The van der Waals surface area contributed by atoms with Gasteiger partial charge in [0.2, 0.25) is 5.91 Å². The molecular formula is C18H27BN2O4S. The normalized spacial score (nSPS) is 22.5. The van der Waals surface area contributed by atoms with E-state index >= 15 is 0 Å². The van der Waals surface area contributed by atoms with Crippen LogP contribution in [-0.4, -0.2) is 42.8 Å². The lowest BCUT2D eigenvalue weighted by molar-refractivity contribution is -0.126. The van der Waals surface area contributed by atoms with Crippen molar-refractivity contribution in [1.82, 2.24) is 9.84 Å². The second kappa shape index (κ2) is 6.84. The second-order valence-electron chi connectivity index (χ2n) is 7.97. The van der Waals surface area contributed by atoms with Gasteiger partial charge in [-0.25, -0.2) is 0 Å². The average molecular weight is 378 g/mol. The zero-order valence-electron chi connectivity index (χ0n) is 16.3. The maximum absolute atomic E-state index is 12.7. The molecular weight excluding hydrogens is 351 g/mol. The monoisotopic (exact) mass is 378 g/mol. The van der Waals surface area contributed by atoms with E-state index in [4.69, 9.17) is 13.5 Å². The van der Waals surface area contributed by atoms with E-state index in [1.807, 2.05) is 52.0 Å². The van der Waals surface area contributed by atoms with Crippen molar-refractivity contribution in [2.45, 2.75) is 57.2 Å². The number of carbonyl (C=O) groups excluding carboxylic acids is 1. The molecule has 0 spiro atoms. The van der Waals surface area contributed by atoms with E-state index in [9.17, 15) is 4.79 Å². The molecule has 142 valence electrons. The van der Waals surface area contributed by atoms with Crippen LogP contribution < -0.4 is 10.9 Å². The van der Waals surface area contributed by atoms with Gasteiger partial charge in [-0.15, -0.1) is 4.41 Å². The third kappa shape index (κ3) is 3.53. The molecule has 0 aromatic heterocycles. The third-order valence-electron chi connectivity index (χ3n) is 5.62. The first-order chi connectivity index (χ1) is 12.1. The smallest absolute Gasteiger partial charge is 0.399 e. The summed E-state index contributed by atoms with van der Waals surface area (Å²) in [6.45, 7) is 8.16. The molecule has 3 rings (SSSR count). The zero-order valence-corrected chi connectivity index (χ0v) is 17.1. The average Bonchev–Trinajstić information content (AvgIpc) is 3.32. The summed E-state index contributed by atoms with van der Waals surface area (Å²) in [6, 6.07) is 8.02. The van der Waals surface area contributed by atoms with Crippen molar-refractivity contribution < 1.29 is 18.3 Å². The molecule has 1 aromatic carbocycles. The molecule has 1 heterocycles. The Morgan fingerprint density at radius 2 is 1.69 bits per heavy atom. The SMILES string of the molecule is COSN(C)NC(=O)C1(c2ccc(B3OC(C)(C)C(C)(C)O3)cc2)CC1. The summed E-state index contributed by atoms with van der Waals surface area (Å²) in [5.74, 6) is -0.00654. The van der Waals surface area contributed by atoms with Crippen molar-refractivity contribution in [2.24, 2.45) is 0 Å². The van der Waals surface area contributed by atoms with Crippen molar-refractivity contribution >= 4 is 30.7 Å². The molecule has 6 nitrogen and oxygen atoms in total. The molecule has 0 radical (unpaired) electrons. The highest BCUT2D eigenvalue weighted by Gasteiger charge is 2.53. The molecule has 0 unspecified atom stereocenters. The van der Waals surface area contributed by atoms with E-state index in [0.717, 1.165) is 36.1 Å². The van der Waals surface area contributed by atoms with Gasteiger partial charge in [0, 0.05) is 7.05 Å². The van der Waals surface area contributed by atoms with Crippen LogP contribution in [0.3, 0.4) is 0 Å². The molecule has 0 bridgehead atoms. The summed E-state index contributed by atoms with van der Waals surface area (Å²) in [6.07, 6.45) is 1.69. The Hall–Kier alpha value is -1.06. The van der Waals surface area contributed by atoms with Gasteiger partial charge < -0.3 is 13.5 Å². The fourth-order valence-electron chi connectivity index (χ4n) is 3.09. The van der Waals surface area contributed by atoms with Crippen LogP contribution >= 0.6 is 12.2 Å². The number of benzene rings is 1. The molecule has 1 aliphatic carbocycles. The summed E-state index contributed by atoms with van der Waals surface area (Å²) < 4.78 is 18.7. The van der Waals surface area contributed by atoms with Crippen LogP contribution in [0.5, 0.6) is 0 Å². The molecule has 1 aromatic rings. The van der Waals surface area contributed by atoms with E-state index < -0.39 is 5.41 Å². The largest absolute Gasteiger partial charge is 0.494 e. The predicted octanol–water partition coefficient (Wildman–Crippen LogP) is 2.19. The van der Waals surface area contributed by atoms with E-state index in [0.29, 0.717) is 0 Å². The summed E-state index contributed by atoms with van der Waals surface area (Å²) in [5.41, 5.74) is 3.67. The standard InChI is InChI=1S/C18H27BN2O4S/c1-16(2)17(3,4)25-19(24-16)14-9-7-13(8-10-14)18(11-12-18)15(22)20-21(5)26-23-6/h7-10H,11-12H2,1-6H3,(H,20,22). The Balaban J connectivity index is 1.71. The molecule has 26 heavy (non-hydrogen) atoms. The fraction of sp³-hybridized carbons (Fsp3) is 0.611. The van der Waals surface area contributed by atoms with Crippen molar-refractivity contribution in [3.05, 3.63) is 29.8 Å². The number of carbonyl (C=O) groups is 1. The number of hydrazine groups is 1. The van der Waals surface area contributed by atoms with Crippen LogP contribution in [0.2, 0.25) is 0 Å². The highest BCUT2D eigenvalue weighted by atomic mass is 32.2. The predicted molar refractivity (Wildman–Crippen MR) is 104 cm³/mol. The Kier molecular flexibility index (Phi) is 5.18. The van der Waals surface area contributed by atoms with Crippen LogP contribution in [0, 0.1) is 0 Å². The van der Waals surface area contributed by atoms with Crippen LogP contribution in [0.1, 0.15) is 46.1 Å². The highest BCUT2D eigenvalue weighted by Crippen LogP contribution is 2.48. The van der Waals surface area contributed by atoms with Gasteiger partial charge in [-0.1, -0.05) is 24.3 Å². The zero-order chi connectivity index (χ0) is 19.2. The molecule has 2 fully saturated rings. The van der Waals surface area contributed by atoms with Gasteiger partial charge in [-0.3, -0.25) is 10.2 Å². The van der Waals surface area contributed by atoms with Gasteiger partial charge in [0.15, 0.2) is 0 Å².